The van der Waals surface area contributed by atoms with Crippen LogP contribution in [0.15, 0.2) is 77.7 Å². The molecular formula is C31H32N2O2S. The average molecular weight is 497 g/mol. The molecule has 1 amide bonds. The van der Waals surface area contributed by atoms with Gasteiger partial charge in [0, 0.05) is 41.1 Å². The third-order valence-corrected chi connectivity index (χ3v) is 8.43. The molecule has 0 aromatic heterocycles. The minimum Gasteiger partial charge on any atom is -0.490 e. The molecule has 0 radical (unpaired) electrons. The molecule has 2 saturated heterocycles. The lowest BCUT2D eigenvalue weighted by atomic mass is 9.98. The van der Waals surface area contributed by atoms with E-state index in [2.05, 4.69) is 61.2 Å². The van der Waals surface area contributed by atoms with E-state index >= 15 is 0 Å². The smallest absolute Gasteiger partial charge is 0.254 e. The zero-order valence-corrected chi connectivity index (χ0v) is 21.7. The van der Waals surface area contributed by atoms with Gasteiger partial charge in [-0.15, -0.1) is 11.8 Å². The Labute approximate surface area is 218 Å². The van der Waals surface area contributed by atoms with Gasteiger partial charge >= 0.3 is 0 Å². The van der Waals surface area contributed by atoms with Crippen molar-refractivity contribution in [3.63, 3.8) is 0 Å². The Hall–Kier alpha value is -3.23. The molecule has 2 bridgehead atoms. The van der Waals surface area contributed by atoms with Crippen molar-refractivity contribution in [1.29, 1.82) is 5.26 Å². The van der Waals surface area contributed by atoms with Gasteiger partial charge in [0.1, 0.15) is 11.9 Å². The number of carbonyl (C=O) groups excluding carboxylic acids is 1. The first-order valence-corrected chi connectivity index (χ1v) is 13.8. The molecule has 3 aromatic carbocycles. The first-order valence-electron chi connectivity index (χ1n) is 12.8. The van der Waals surface area contributed by atoms with Crippen molar-refractivity contribution in [2.24, 2.45) is 0 Å². The van der Waals surface area contributed by atoms with Gasteiger partial charge in [-0.2, -0.15) is 5.26 Å². The number of carbonyl (C=O) groups is 1. The number of fused-ring (bicyclic) bond motifs is 2. The van der Waals surface area contributed by atoms with Crippen LogP contribution < -0.4 is 4.74 Å². The first-order chi connectivity index (χ1) is 17.5. The van der Waals surface area contributed by atoms with Gasteiger partial charge in [0.15, 0.2) is 0 Å². The van der Waals surface area contributed by atoms with Gasteiger partial charge in [0.2, 0.25) is 0 Å². The molecule has 0 aliphatic carbocycles. The Morgan fingerprint density at radius 1 is 1.03 bits per heavy atom. The van der Waals surface area contributed by atoms with Crippen LogP contribution in [0, 0.1) is 11.3 Å². The van der Waals surface area contributed by atoms with Gasteiger partial charge in [-0.3, -0.25) is 4.79 Å². The Kier molecular flexibility index (Phi) is 7.34. The minimum absolute atomic E-state index is 0.0782. The lowest BCUT2D eigenvalue weighted by Crippen LogP contribution is -2.49. The van der Waals surface area contributed by atoms with E-state index in [1.807, 2.05) is 36.0 Å². The maximum Gasteiger partial charge on any atom is 0.254 e. The van der Waals surface area contributed by atoms with E-state index in [0.717, 1.165) is 42.7 Å². The van der Waals surface area contributed by atoms with Crippen LogP contribution in [-0.2, 0) is 5.75 Å². The summed E-state index contributed by atoms with van der Waals surface area (Å²) in [7, 11) is 0. The fourth-order valence-corrected chi connectivity index (χ4v) is 6.25. The van der Waals surface area contributed by atoms with Crippen molar-refractivity contribution in [3.05, 3.63) is 95.1 Å². The van der Waals surface area contributed by atoms with Crippen LogP contribution in [0.25, 0.3) is 0 Å². The molecule has 2 atom stereocenters. The van der Waals surface area contributed by atoms with Crippen LogP contribution in [0.1, 0.15) is 72.5 Å². The zero-order valence-electron chi connectivity index (χ0n) is 20.9. The predicted molar refractivity (Wildman–Crippen MR) is 144 cm³/mol. The number of nitrogens with zero attached hydrogens (tertiary/aromatic N) is 2. The molecule has 0 N–H and O–H groups in total. The number of benzene rings is 3. The third-order valence-electron chi connectivity index (χ3n) is 7.34. The van der Waals surface area contributed by atoms with E-state index < -0.39 is 0 Å². The van der Waals surface area contributed by atoms with Crippen molar-refractivity contribution in [1.82, 2.24) is 4.90 Å². The van der Waals surface area contributed by atoms with Crippen molar-refractivity contribution in [2.45, 2.75) is 74.3 Å². The van der Waals surface area contributed by atoms with Crippen molar-refractivity contribution < 1.29 is 9.53 Å². The fraction of sp³-hybridized carbons (Fsp3) is 0.355. The Bertz CT molecular complexity index is 1230. The van der Waals surface area contributed by atoms with E-state index in [1.165, 1.54) is 16.0 Å². The van der Waals surface area contributed by atoms with E-state index in [9.17, 15) is 4.79 Å². The number of piperidine rings is 1. The van der Waals surface area contributed by atoms with Crippen LogP contribution in [0.2, 0.25) is 0 Å². The summed E-state index contributed by atoms with van der Waals surface area (Å²) in [5, 5.41) is 9.14. The fourth-order valence-electron chi connectivity index (χ4n) is 5.39. The number of hydrogen-bond donors (Lipinski definition) is 0. The quantitative estimate of drug-likeness (QED) is 0.325. The third kappa shape index (κ3) is 5.44. The second-order valence-corrected chi connectivity index (χ2v) is 11.2. The number of nitriles is 1. The molecule has 184 valence electrons. The summed E-state index contributed by atoms with van der Waals surface area (Å²) in [6.45, 7) is 4.42. The number of amides is 1. The minimum atomic E-state index is 0.0782. The molecule has 2 fully saturated rings. The van der Waals surface area contributed by atoms with Crippen LogP contribution in [0.3, 0.4) is 0 Å². The maximum absolute atomic E-state index is 13.4. The van der Waals surface area contributed by atoms with E-state index in [0.29, 0.717) is 11.5 Å². The molecule has 2 heterocycles. The van der Waals surface area contributed by atoms with Gasteiger partial charge in [0.05, 0.1) is 11.6 Å². The topological polar surface area (TPSA) is 53.3 Å². The van der Waals surface area contributed by atoms with Crippen molar-refractivity contribution in [2.75, 3.05) is 0 Å². The summed E-state index contributed by atoms with van der Waals surface area (Å²) in [6, 6.07) is 26.9. The molecular weight excluding hydrogens is 464 g/mol. The van der Waals surface area contributed by atoms with Crippen molar-refractivity contribution in [3.8, 4) is 11.8 Å². The largest absolute Gasteiger partial charge is 0.490 e. The molecule has 0 saturated carbocycles. The molecule has 5 heteroatoms. The monoisotopic (exact) mass is 496 g/mol. The lowest BCUT2D eigenvalue weighted by Gasteiger charge is -2.39. The van der Waals surface area contributed by atoms with E-state index in [-0.39, 0.29) is 24.1 Å². The Balaban J connectivity index is 1.18. The summed E-state index contributed by atoms with van der Waals surface area (Å²) in [5.74, 6) is 2.30. The zero-order chi connectivity index (χ0) is 25.1. The van der Waals surface area contributed by atoms with Crippen LogP contribution in [0.4, 0.5) is 0 Å². The second kappa shape index (κ2) is 10.8. The SMILES string of the molecule is CC(C)c1ccc(SCc2ccc(C(=O)N3C4CCC3CC(Oc3cccc(C#N)c3)C4)cc2)cc1. The molecule has 0 spiro atoms. The molecule has 2 aliphatic heterocycles. The summed E-state index contributed by atoms with van der Waals surface area (Å²) < 4.78 is 6.22. The average Bonchev–Trinajstić information content (AvgIpc) is 3.17. The van der Waals surface area contributed by atoms with Gasteiger partial charge in [-0.1, -0.05) is 44.2 Å². The summed E-state index contributed by atoms with van der Waals surface area (Å²) in [5.41, 5.74) is 3.95. The number of rotatable bonds is 7. The lowest BCUT2D eigenvalue weighted by molar-refractivity contribution is 0.0359. The maximum atomic E-state index is 13.4. The standard InChI is InChI=1S/C31H32N2O2S/c1-21(2)24-10-14-30(15-11-24)36-20-22-6-8-25(9-7-22)31(34)33-26-12-13-27(33)18-29(17-26)35-28-5-3-4-23(16-28)19-32/h3-11,14-16,21,26-27,29H,12-13,17-18,20H2,1-2H3. The first kappa shape index (κ1) is 24.5. The molecule has 2 aliphatic rings. The van der Waals surface area contributed by atoms with Crippen molar-refractivity contribution >= 4 is 17.7 Å². The molecule has 36 heavy (non-hydrogen) atoms. The molecule has 2 unspecified atom stereocenters. The van der Waals surface area contributed by atoms with Crippen LogP contribution in [0.5, 0.6) is 5.75 Å². The Morgan fingerprint density at radius 3 is 2.36 bits per heavy atom. The number of hydrogen-bond acceptors (Lipinski definition) is 4. The normalized spacial score (nSPS) is 20.8. The van der Waals surface area contributed by atoms with Gasteiger partial charge in [-0.25, -0.2) is 0 Å². The summed E-state index contributed by atoms with van der Waals surface area (Å²) in [4.78, 5) is 16.8. The van der Waals surface area contributed by atoms with Gasteiger partial charge < -0.3 is 9.64 Å². The highest BCUT2D eigenvalue weighted by Gasteiger charge is 2.44. The van der Waals surface area contributed by atoms with Crippen LogP contribution >= 0.6 is 11.8 Å². The summed E-state index contributed by atoms with van der Waals surface area (Å²) >= 11 is 1.82. The number of thioether (sulfide) groups is 1. The van der Waals surface area contributed by atoms with E-state index in [4.69, 9.17) is 10.00 Å². The van der Waals surface area contributed by atoms with E-state index in [1.54, 1.807) is 12.1 Å². The summed E-state index contributed by atoms with van der Waals surface area (Å²) in [6.07, 6.45) is 3.80. The van der Waals surface area contributed by atoms with Gasteiger partial charge in [0.25, 0.3) is 5.91 Å². The highest BCUT2D eigenvalue weighted by molar-refractivity contribution is 7.98. The Morgan fingerprint density at radius 2 is 1.72 bits per heavy atom. The molecule has 3 aromatic rings. The molecule has 4 nitrogen and oxygen atoms in total. The van der Waals surface area contributed by atoms with Crippen LogP contribution in [-0.4, -0.2) is 29.0 Å². The molecule has 5 rings (SSSR count). The highest BCUT2D eigenvalue weighted by Crippen LogP contribution is 2.38. The highest BCUT2D eigenvalue weighted by atomic mass is 32.2. The number of ether oxygens (including phenoxy) is 1. The van der Waals surface area contributed by atoms with Gasteiger partial charge in [-0.05, 0) is 72.4 Å². The second-order valence-electron chi connectivity index (χ2n) is 10.2. The predicted octanol–water partition coefficient (Wildman–Crippen LogP) is 7.19.